The van der Waals surface area contributed by atoms with E-state index >= 15 is 0 Å². The van der Waals surface area contributed by atoms with E-state index in [1.165, 1.54) is 14.2 Å². The molecular formula is C40H51F4N5O10S. The molecule has 1 saturated heterocycles. The van der Waals surface area contributed by atoms with Crippen LogP contribution in [-0.2, 0) is 29.1 Å². The van der Waals surface area contributed by atoms with Crippen molar-refractivity contribution in [1.82, 2.24) is 25.2 Å². The van der Waals surface area contributed by atoms with Crippen LogP contribution in [0.15, 0.2) is 36.4 Å². The molecule has 0 unspecified atom stereocenters. The van der Waals surface area contributed by atoms with Crippen LogP contribution in [0.2, 0.25) is 0 Å². The molecule has 4 amide bonds. The molecule has 60 heavy (non-hydrogen) atoms. The lowest BCUT2D eigenvalue weighted by Gasteiger charge is -2.34. The maximum absolute atomic E-state index is 14.8. The number of pyridine rings is 1. The van der Waals surface area contributed by atoms with Gasteiger partial charge in [0.15, 0.2) is 0 Å². The van der Waals surface area contributed by atoms with Crippen LogP contribution >= 0.6 is 0 Å². The maximum atomic E-state index is 14.8. The molecule has 0 bridgehead atoms. The number of benzene rings is 1. The van der Waals surface area contributed by atoms with Crippen molar-refractivity contribution in [3.63, 3.8) is 0 Å². The number of nitrogens with one attached hydrogen (secondary N) is 3. The van der Waals surface area contributed by atoms with Gasteiger partial charge in [0.05, 0.1) is 20.8 Å². The number of carbonyl (C=O) groups excluding carboxylic acids is 4. The normalized spacial score (nSPS) is 28.8. The Bertz CT molecular complexity index is 2140. The third-order valence-electron chi connectivity index (χ3n) is 12.0. The molecule has 2 aliphatic carbocycles. The van der Waals surface area contributed by atoms with Crippen molar-refractivity contribution < 1.29 is 64.1 Å². The number of rotatable bonds is 10. The lowest BCUT2D eigenvalue weighted by Crippen LogP contribution is -2.60. The molecule has 6 rings (SSSR count). The van der Waals surface area contributed by atoms with E-state index in [0.29, 0.717) is 49.6 Å². The summed E-state index contributed by atoms with van der Waals surface area (Å²) >= 11 is 0. The van der Waals surface area contributed by atoms with Gasteiger partial charge in [0.2, 0.25) is 39.2 Å². The largest absolute Gasteiger partial charge is 0.497 e. The summed E-state index contributed by atoms with van der Waals surface area (Å²) in [6.07, 6.45) is -2.67. The van der Waals surface area contributed by atoms with E-state index in [0.717, 1.165) is 4.90 Å². The number of ether oxygens (including phenoxy) is 4. The van der Waals surface area contributed by atoms with Gasteiger partial charge < -0.3 is 34.5 Å². The van der Waals surface area contributed by atoms with Gasteiger partial charge in [0.1, 0.15) is 40.9 Å². The SMILES string of the molecule is COc1ccc2c(O[C@@H]3C[C@H]4C(=O)N[C@]5(C(=O)NS(=O)(=O)C6(CF)CC6)C[C@H]5/C=C\CC[C@H](C)C[C@@H](C)[C@H](NC(=O)OC(C)(C)C(F)(F)F)C(=O)N4C3)nc(OC)cc2c1. The van der Waals surface area contributed by atoms with Gasteiger partial charge in [-0.3, -0.25) is 19.1 Å². The Morgan fingerprint density at radius 1 is 1.07 bits per heavy atom. The van der Waals surface area contributed by atoms with E-state index in [4.69, 9.17) is 18.9 Å². The fraction of sp³-hybridized carbons (Fsp3) is 0.625. The van der Waals surface area contributed by atoms with Crippen molar-refractivity contribution in [3.8, 4) is 17.5 Å². The number of hydrogen-bond donors (Lipinski definition) is 3. The van der Waals surface area contributed by atoms with Crippen molar-refractivity contribution in [2.24, 2.45) is 17.8 Å². The summed E-state index contributed by atoms with van der Waals surface area (Å²) in [7, 11) is -1.57. The maximum Gasteiger partial charge on any atom is 0.427 e. The van der Waals surface area contributed by atoms with Crippen LogP contribution in [0.25, 0.3) is 10.8 Å². The zero-order valence-corrected chi connectivity index (χ0v) is 35.0. The van der Waals surface area contributed by atoms with E-state index in [2.05, 4.69) is 15.6 Å². The second-order valence-corrected chi connectivity index (χ2v) is 19.0. The number of nitrogens with zero attached hydrogens (tertiary/aromatic N) is 2. The van der Waals surface area contributed by atoms with Gasteiger partial charge in [-0.05, 0) is 87.8 Å². The number of alkyl carbamates (subject to hydrolysis) is 1. The summed E-state index contributed by atoms with van der Waals surface area (Å²) in [4.78, 5) is 62.0. The Morgan fingerprint density at radius 3 is 2.42 bits per heavy atom. The summed E-state index contributed by atoms with van der Waals surface area (Å²) in [6.45, 7) is 3.42. The number of halogens is 4. The van der Waals surface area contributed by atoms with Crippen LogP contribution < -0.4 is 29.6 Å². The number of hydrogen-bond acceptors (Lipinski definition) is 11. The molecule has 3 N–H and O–H groups in total. The van der Waals surface area contributed by atoms with Gasteiger partial charge in [0, 0.05) is 23.8 Å². The van der Waals surface area contributed by atoms with Crippen LogP contribution in [0.4, 0.5) is 22.4 Å². The Morgan fingerprint density at radius 2 is 1.78 bits per heavy atom. The van der Waals surface area contributed by atoms with Gasteiger partial charge >= 0.3 is 12.3 Å². The average molecular weight is 870 g/mol. The number of aromatic nitrogens is 1. The molecule has 4 aliphatic rings. The molecule has 2 aromatic rings. The Labute approximate surface area is 345 Å². The van der Waals surface area contributed by atoms with Crippen LogP contribution in [0.3, 0.4) is 0 Å². The molecule has 20 heteroatoms. The highest BCUT2D eigenvalue weighted by atomic mass is 32.2. The minimum Gasteiger partial charge on any atom is -0.497 e. The minimum atomic E-state index is -4.94. The van der Waals surface area contributed by atoms with Crippen molar-refractivity contribution in [2.75, 3.05) is 27.4 Å². The van der Waals surface area contributed by atoms with Crippen molar-refractivity contribution in [3.05, 3.63) is 36.4 Å². The average Bonchev–Trinajstić information content (AvgIpc) is 4.08. The smallest absolute Gasteiger partial charge is 0.427 e. The molecule has 0 spiro atoms. The minimum absolute atomic E-state index is 0.000590. The third kappa shape index (κ3) is 8.93. The standard InChI is InChI=1S/C40H51F4N5O10S/c1-22-9-7-8-10-25-19-39(25,35(52)48-60(54,55)38(21-41)13-14-38)47-32(50)29-18-27(58-33-28-12-11-26(56-5)16-24(28)17-30(45-33)57-6)20-49(29)34(51)31(23(2)15-22)46-36(53)59-37(3,4)40(42,43)44/h8,10-12,16-17,22-23,25,27,29,31H,7,9,13-15,18-21H2,1-6H3,(H,46,53)(H,47,50)(H,48,52)/b10-8-/t22-,23+,25+,27+,29-,31-,39+/m0/s1. The highest BCUT2D eigenvalue weighted by molar-refractivity contribution is 7.91. The monoisotopic (exact) mass is 869 g/mol. The first-order valence-electron chi connectivity index (χ1n) is 19.8. The molecule has 3 heterocycles. The Kier molecular flexibility index (Phi) is 12.3. The molecule has 3 fully saturated rings. The number of sulfonamides is 1. The van der Waals surface area contributed by atoms with Crippen LogP contribution in [0.5, 0.6) is 17.5 Å². The fourth-order valence-electron chi connectivity index (χ4n) is 7.86. The highest BCUT2D eigenvalue weighted by Crippen LogP contribution is 2.48. The van der Waals surface area contributed by atoms with Gasteiger partial charge in [-0.15, -0.1) is 0 Å². The quantitative estimate of drug-likeness (QED) is 0.218. The van der Waals surface area contributed by atoms with E-state index in [-0.39, 0.29) is 49.9 Å². The number of alkyl halides is 4. The third-order valence-corrected chi connectivity index (χ3v) is 14.1. The topological polar surface area (TPSA) is 192 Å². The highest BCUT2D eigenvalue weighted by Gasteiger charge is 2.64. The number of amides is 4. The summed E-state index contributed by atoms with van der Waals surface area (Å²) in [5.74, 6) is -3.40. The van der Waals surface area contributed by atoms with E-state index in [9.17, 15) is 45.2 Å². The predicted octanol–water partition coefficient (Wildman–Crippen LogP) is 4.87. The zero-order chi connectivity index (χ0) is 44.0. The lowest BCUT2D eigenvalue weighted by atomic mass is 9.88. The Balaban J connectivity index is 1.37. The van der Waals surface area contributed by atoms with Gasteiger partial charge in [-0.1, -0.05) is 26.0 Å². The Hall–Kier alpha value is -4.88. The molecule has 2 saturated carbocycles. The summed E-state index contributed by atoms with van der Waals surface area (Å²) < 4.78 is 104. The fourth-order valence-corrected chi connectivity index (χ4v) is 9.28. The molecular weight excluding hydrogens is 819 g/mol. The molecule has 15 nitrogen and oxygen atoms in total. The summed E-state index contributed by atoms with van der Waals surface area (Å²) in [5, 5.41) is 6.22. The summed E-state index contributed by atoms with van der Waals surface area (Å²) in [5.41, 5.74) is -4.70. The first-order valence-corrected chi connectivity index (χ1v) is 21.2. The second-order valence-electron chi connectivity index (χ2n) is 16.9. The van der Waals surface area contributed by atoms with Crippen molar-refractivity contribution in [1.29, 1.82) is 0 Å². The zero-order valence-electron chi connectivity index (χ0n) is 34.2. The van der Waals surface area contributed by atoms with Crippen LogP contribution in [0.1, 0.15) is 72.6 Å². The summed E-state index contributed by atoms with van der Waals surface area (Å²) in [6, 6.07) is 3.86. The predicted molar refractivity (Wildman–Crippen MR) is 208 cm³/mol. The van der Waals surface area contributed by atoms with Crippen LogP contribution in [-0.4, -0.2) is 110 Å². The molecule has 1 aromatic carbocycles. The van der Waals surface area contributed by atoms with Gasteiger partial charge in [0.25, 0.3) is 5.91 Å². The molecule has 7 atom stereocenters. The van der Waals surface area contributed by atoms with Gasteiger partial charge in [-0.2, -0.15) is 18.2 Å². The van der Waals surface area contributed by atoms with Crippen molar-refractivity contribution in [2.45, 2.75) is 113 Å². The molecule has 1 aromatic heterocycles. The lowest BCUT2D eigenvalue weighted by molar-refractivity contribution is -0.244. The number of carbonyl (C=O) groups is 4. The number of fused-ring (bicyclic) bond motifs is 3. The van der Waals surface area contributed by atoms with E-state index in [1.54, 1.807) is 43.3 Å². The molecule has 0 radical (unpaired) electrons. The number of methoxy groups -OCH3 is 2. The van der Waals surface area contributed by atoms with Gasteiger partial charge in [-0.25, -0.2) is 17.6 Å². The van der Waals surface area contributed by atoms with Crippen molar-refractivity contribution >= 4 is 44.6 Å². The number of allylic oxidation sites excluding steroid dienone is 1. The second kappa shape index (κ2) is 16.5. The first kappa shape index (κ1) is 44.7. The van der Waals surface area contributed by atoms with E-state index in [1.807, 2.05) is 11.6 Å². The molecule has 330 valence electrons. The molecule has 2 aliphatic heterocycles. The van der Waals surface area contributed by atoms with E-state index < -0.39 is 92.6 Å². The van der Waals surface area contributed by atoms with Crippen LogP contribution in [0, 0.1) is 17.8 Å². The first-order chi connectivity index (χ1) is 28.1.